The molecule has 0 amide bonds. The van der Waals surface area contributed by atoms with Crippen LogP contribution in [0.1, 0.15) is 0 Å². The maximum absolute atomic E-state index is 6.48. The van der Waals surface area contributed by atoms with E-state index >= 15 is 0 Å². The van der Waals surface area contributed by atoms with Gasteiger partial charge >= 0.3 is 0 Å². The summed E-state index contributed by atoms with van der Waals surface area (Å²) in [5, 5.41) is 7.38. The molecule has 67 heavy (non-hydrogen) atoms. The second kappa shape index (κ2) is 16.2. The standard InChI is InChI=1S/C64H41NOS/c1-2-20-51-42(14-1)15-11-27-56(51)55-22-4-3-21-52(55)43-32-36-48(37-33-43)65(49-38-34-44(35-39-49)53-25-12-28-59-57-23-5-7-30-61(57)66-63(53)59)50-19-10-17-46(41-50)45-16-9-18-47(40-45)54-26-13-29-60-58-24-6-8-31-62(58)67-64(54)60/h1-41H. The molecule has 0 fully saturated rings. The van der Waals surface area contributed by atoms with E-state index in [-0.39, 0.29) is 0 Å². The monoisotopic (exact) mass is 871 g/mol. The first kappa shape index (κ1) is 38.9. The number of furan rings is 1. The molecule has 13 aromatic rings. The van der Waals surface area contributed by atoms with Crippen LogP contribution in [0.2, 0.25) is 0 Å². The zero-order valence-electron chi connectivity index (χ0n) is 36.4. The van der Waals surface area contributed by atoms with Gasteiger partial charge in [0, 0.05) is 53.6 Å². The molecular formula is C64H41NOS. The summed E-state index contributed by atoms with van der Waals surface area (Å²) in [6.45, 7) is 0. The van der Waals surface area contributed by atoms with Gasteiger partial charge in [0.2, 0.25) is 0 Å². The Balaban J connectivity index is 0.911. The third kappa shape index (κ3) is 6.79. The van der Waals surface area contributed by atoms with Crippen molar-refractivity contribution in [1.29, 1.82) is 0 Å². The van der Waals surface area contributed by atoms with E-state index in [0.717, 1.165) is 55.7 Å². The molecule has 0 unspecified atom stereocenters. The van der Waals surface area contributed by atoms with E-state index in [4.69, 9.17) is 4.42 Å². The molecule has 3 heteroatoms. The van der Waals surface area contributed by atoms with Crippen LogP contribution in [0.4, 0.5) is 17.1 Å². The Hall–Kier alpha value is -8.50. The molecule has 2 nitrogen and oxygen atoms in total. The maximum atomic E-state index is 6.48. The number of anilines is 3. The topological polar surface area (TPSA) is 16.4 Å². The summed E-state index contributed by atoms with van der Waals surface area (Å²) in [5.74, 6) is 0. The molecule has 0 aliphatic heterocycles. The van der Waals surface area contributed by atoms with Crippen LogP contribution in [0.5, 0.6) is 0 Å². The van der Waals surface area contributed by atoms with Gasteiger partial charge in [0.1, 0.15) is 11.2 Å². The van der Waals surface area contributed by atoms with Crippen LogP contribution in [0, 0.1) is 0 Å². The highest BCUT2D eigenvalue weighted by molar-refractivity contribution is 7.26. The predicted octanol–water partition coefficient (Wildman–Crippen LogP) is 18.9. The quantitative estimate of drug-likeness (QED) is 0.151. The first-order valence-corrected chi connectivity index (χ1v) is 23.6. The number of fused-ring (bicyclic) bond motifs is 7. The number of rotatable bonds is 8. The Morgan fingerprint density at radius 3 is 1.66 bits per heavy atom. The maximum Gasteiger partial charge on any atom is 0.143 e. The molecule has 0 radical (unpaired) electrons. The smallest absolute Gasteiger partial charge is 0.143 e. The third-order valence-electron chi connectivity index (χ3n) is 13.3. The van der Waals surface area contributed by atoms with E-state index in [1.54, 1.807) is 0 Å². The Morgan fingerprint density at radius 2 is 0.836 bits per heavy atom. The van der Waals surface area contributed by atoms with E-state index < -0.39 is 0 Å². The zero-order chi connectivity index (χ0) is 44.3. The zero-order valence-corrected chi connectivity index (χ0v) is 37.3. The van der Waals surface area contributed by atoms with Crippen LogP contribution in [0.25, 0.3) is 109 Å². The third-order valence-corrected chi connectivity index (χ3v) is 14.5. The van der Waals surface area contributed by atoms with Gasteiger partial charge < -0.3 is 9.32 Å². The van der Waals surface area contributed by atoms with Crippen molar-refractivity contribution in [1.82, 2.24) is 0 Å². The fourth-order valence-corrected chi connectivity index (χ4v) is 11.3. The molecule has 314 valence electrons. The number of benzene rings is 11. The van der Waals surface area contributed by atoms with Gasteiger partial charge in [-0.25, -0.2) is 0 Å². The van der Waals surface area contributed by atoms with E-state index in [2.05, 4.69) is 241 Å². The summed E-state index contributed by atoms with van der Waals surface area (Å²) in [7, 11) is 0. The van der Waals surface area contributed by atoms with Crippen LogP contribution in [0.15, 0.2) is 253 Å². The summed E-state index contributed by atoms with van der Waals surface area (Å²) in [5.41, 5.74) is 16.8. The van der Waals surface area contributed by atoms with Crippen LogP contribution < -0.4 is 4.90 Å². The van der Waals surface area contributed by atoms with Gasteiger partial charge in [-0.05, 0) is 115 Å². The molecule has 0 spiro atoms. The molecular weight excluding hydrogens is 831 g/mol. The lowest BCUT2D eigenvalue weighted by Crippen LogP contribution is -2.10. The molecule has 2 aromatic heterocycles. The highest BCUT2D eigenvalue weighted by Gasteiger charge is 2.18. The van der Waals surface area contributed by atoms with Crippen molar-refractivity contribution in [2.24, 2.45) is 0 Å². The van der Waals surface area contributed by atoms with Crippen LogP contribution in [-0.4, -0.2) is 0 Å². The molecule has 0 saturated carbocycles. The van der Waals surface area contributed by atoms with Crippen molar-refractivity contribution in [2.75, 3.05) is 4.90 Å². The first-order chi connectivity index (χ1) is 33.2. The van der Waals surface area contributed by atoms with Crippen LogP contribution in [-0.2, 0) is 0 Å². The van der Waals surface area contributed by atoms with Gasteiger partial charge in [0.15, 0.2) is 0 Å². The Bertz CT molecular complexity index is 3980. The summed E-state index contributed by atoms with van der Waals surface area (Å²) < 4.78 is 9.11. The minimum atomic E-state index is 0.901. The molecule has 0 aliphatic carbocycles. The largest absolute Gasteiger partial charge is 0.455 e. The fraction of sp³-hybridized carbons (Fsp3) is 0. The minimum absolute atomic E-state index is 0.901. The highest BCUT2D eigenvalue weighted by Crippen LogP contribution is 2.44. The first-order valence-electron chi connectivity index (χ1n) is 22.8. The Labute approximate surface area is 392 Å². The van der Waals surface area contributed by atoms with Crippen molar-refractivity contribution < 1.29 is 4.42 Å². The lowest BCUT2D eigenvalue weighted by atomic mass is 9.91. The molecule has 0 aliphatic rings. The molecule has 0 saturated heterocycles. The lowest BCUT2D eigenvalue weighted by Gasteiger charge is -2.26. The van der Waals surface area contributed by atoms with Crippen molar-refractivity contribution in [3.05, 3.63) is 249 Å². The summed E-state index contributed by atoms with van der Waals surface area (Å²) >= 11 is 1.87. The second-order valence-corrected chi connectivity index (χ2v) is 18.2. The molecule has 0 bridgehead atoms. The average molecular weight is 872 g/mol. The SMILES string of the molecule is c1cc(-c2cccc(N(c3ccc(-c4ccccc4-c4cccc5ccccc45)cc3)c3ccc(-c4cccc5c4oc4ccccc45)cc3)c2)cc(-c2cccc3c2sc2ccccc23)c1. The van der Waals surface area contributed by atoms with E-state index in [1.807, 2.05) is 23.5 Å². The van der Waals surface area contributed by atoms with Gasteiger partial charge in [0.05, 0.1) is 0 Å². The lowest BCUT2D eigenvalue weighted by molar-refractivity contribution is 0.670. The van der Waals surface area contributed by atoms with Gasteiger partial charge in [-0.1, -0.05) is 194 Å². The van der Waals surface area contributed by atoms with Crippen molar-refractivity contribution in [3.8, 4) is 55.6 Å². The molecule has 2 heterocycles. The molecule has 13 rings (SSSR count). The van der Waals surface area contributed by atoms with E-state index in [0.29, 0.717) is 0 Å². The summed E-state index contributed by atoms with van der Waals surface area (Å²) in [4.78, 5) is 2.37. The van der Waals surface area contributed by atoms with Crippen molar-refractivity contribution in [2.45, 2.75) is 0 Å². The Morgan fingerprint density at radius 1 is 0.299 bits per heavy atom. The van der Waals surface area contributed by atoms with Crippen molar-refractivity contribution in [3.63, 3.8) is 0 Å². The second-order valence-electron chi connectivity index (χ2n) is 17.2. The van der Waals surface area contributed by atoms with Crippen LogP contribution >= 0.6 is 11.3 Å². The van der Waals surface area contributed by atoms with Gasteiger partial charge in [-0.2, -0.15) is 0 Å². The Kier molecular flexibility index (Phi) is 9.40. The minimum Gasteiger partial charge on any atom is -0.455 e. The van der Waals surface area contributed by atoms with Crippen LogP contribution in [0.3, 0.4) is 0 Å². The average Bonchev–Trinajstić information content (AvgIpc) is 3.98. The van der Waals surface area contributed by atoms with Gasteiger partial charge in [-0.3, -0.25) is 0 Å². The number of hydrogen-bond donors (Lipinski definition) is 0. The van der Waals surface area contributed by atoms with Gasteiger partial charge in [0.25, 0.3) is 0 Å². The number of para-hydroxylation sites is 2. The number of thiophene rings is 1. The van der Waals surface area contributed by atoms with Gasteiger partial charge in [-0.15, -0.1) is 11.3 Å². The number of hydrogen-bond acceptors (Lipinski definition) is 3. The normalized spacial score (nSPS) is 11.6. The van der Waals surface area contributed by atoms with E-state index in [9.17, 15) is 0 Å². The molecule has 0 atom stereocenters. The predicted molar refractivity (Wildman–Crippen MR) is 286 cm³/mol. The summed E-state index contributed by atoms with van der Waals surface area (Å²) in [6, 6.07) is 90.1. The van der Waals surface area contributed by atoms with E-state index in [1.165, 1.54) is 69.9 Å². The fourth-order valence-electron chi connectivity index (χ4n) is 10.1. The summed E-state index contributed by atoms with van der Waals surface area (Å²) in [6.07, 6.45) is 0. The number of nitrogens with zero attached hydrogens (tertiary/aromatic N) is 1. The molecule has 0 N–H and O–H groups in total. The highest BCUT2D eigenvalue weighted by atomic mass is 32.1. The molecule has 11 aromatic carbocycles. The van der Waals surface area contributed by atoms with Crippen molar-refractivity contribution >= 4 is 81.3 Å².